The van der Waals surface area contributed by atoms with Gasteiger partial charge in [-0.3, -0.25) is 18.6 Å². The van der Waals surface area contributed by atoms with Crippen molar-refractivity contribution in [2.75, 3.05) is 20.3 Å². The molecule has 0 aliphatic rings. The number of hydrogen-bond acceptors (Lipinski definition) is 7. The Labute approximate surface area is 306 Å². The molecule has 50 heavy (non-hydrogen) atoms. The molecular formula is C41H75O8P. The molecule has 2 unspecified atom stereocenters. The minimum atomic E-state index is -4.26. The smallest absolute Gasteiger partial charge is 0.462 e. The van der Waals surface area contributed by atoms with Crippen LogP contribution in [0, 0.1) is 0 Å². The van der Waals surface area contributed by atoms with E-state index in [1.54, 1.807) is 0 Å². The second kappa shape index (κ2) is 37.0. The Balaban J connectivity index is 4.07. The molecule has 0 amide bonds. The summed E-state index contributed by atoms with van der Waals surface area (Å²) in [4.78, 5) is 34.4. The van der Waals surface area contributed by atoms with E-state index in [9.17, 15) is 19.0 Å². The zero-order valence-corrected chi connectivity index (χ0v) is 33.2. The lowest BCUT2D eigenvalue weighted by Gasteiger charge is -2.19. The number of phosphoric ester groups is 1. The summed E-state index contributed by atoms with van der Waals surface area (Å²) in [5.41, 5.74) is 0. The molecule has 0 heterocycles. The van der Waals surface area contributed by atoms with Crippen LogP contribution in [0.25, 0.3) is 0 Å². The average Bonchev–Trinajstić information content (AvgIpc) is 3.10. The van der Waals surface area contributed by atoms with Gasteiger partial charge in [0.25, 0.3) is 0 Å². The fourth-order valence-electron chi connectivity index (χ4n) is 5.45. The number of esters is 2. The van der Waals surface area contributed by atoms with Gasteiger partial charge in [-0.1, -0.05) is 140 Å². The Hall–Kier alpha value is -1.73. The van der Waals surface area contributed by atoms with Crippen molar-refractivity contribution < 1.29 is 37.6 Å². The van der Waals surface area contributed by atoms with E-state index >= 15 is 0 Å². The van der Waals surface area contributed by atoms with Crippen LogP contribution >= 0.6 is 7.82 Å². The van der Waals surface area contributed by atoms with Crippen molar-refractivity contribution in [3.63, 3.8) is 0 Å². The highest BCUT2D eigenvalue weighted by Crippen LogP contribution is 2.42. The fraction of sp³-hybridized carbons (Fsp3) is 0.805. The second-order valence-electron chi connectivity index (χ2n) is 13.4. The molecule has 0 saturated carbocycles. The molecule has 0 bridgehead atoms. The first kappa shape index (κ1) is 48.3. The minimum Gasteiger partial charge on any atom is -0.462 e. The summed E-state index contributed by atoms with van der Waals surface area (Å²) in [7, 11) is -3.21. The molecule has 2 atom stereocenters. The van der Waals surface area contributed by atoms with Crippen LogP contribution in [0.1, 0.15) is 187 Å². The van der Waals surface area contributed by atoms with E-state index < -0.39 is 26.5 Å². The number of rotatable bonds is 37. The van der Waals surface area contributed by atoms with Gasteiger partial charge in [0, 0.05) is 20.0 Å². The molecule has 0 radical (unpaired) electrons. The van der Waals surface area contributed by atoms with E-state index in [-0.39, 0.29) is 25.4 Å². The van der Waals surface area contributed by atoms with E-state index in [4.69, 9.17) is 14.0 Å². The SMILES string of the molecule is CCCCC/C=C\C/C=C\CCCCCCCC(=O)OC(COC(=O)CCCCCCC/C=C\CCCCCCCCC)COP(=O)(O)OC. The lowest BCUT2D eigenvalue weighted by molar-refractivity contribution is -0.161. The van der Waals surface area contributed by atoms with Crippen LogP contribution < -0.4 is 0 Å². The molecule has 0 aromatic carbocycles. The van der Waals surface area contributed by atoms with Gasteiger partial charge < -0.3 is 14.4 Å². The summed E-state index contributed by atoms with van der Waals surface area (Å²) in [6.07, 6.45) is 41.9. The highest BCUT2D eigenvalue weighted by Gasteiger charge is 2.24. The number of ether oxygens (including phenoxy) is 2. The summed E-state index contributed by atoms with van der Waals surface area (Å²) in [6.45, 7) is 3.84. The Morgan fingerprint density at radius 2 is 0.960 bits per heavy atom. The van der Waals surface area contributed by atoms with E-state index in [0.29, 0.717) is 6.42 Å². The predicted molar refractivity (Wildman–Crippen MR) is 207 cm³/mol. The third-order valence-electron chi connectivity index (χ3n) is 8.61. The van der Waals surface area contributed by atoms with Gasteiger partial charge in [-0.25, -0.2) is 4.57 Å². The Morgan fingerprint density at radius 3 is 1.46 bits per heavy atom. The van der Waals surface area contributed by atoms with Crippen LogP contribution in [0.2, 0.25) is 0 Å². The Bertz CT molecular complexity index is 916. The van der Waals surface area contributed by atoms with Gasteiger partial charge in [0.2, 0.25) is 0 Å². The van der Waals surface area contributed by atoms with E-state index in [1.165, 1.54) is 77.0 Å². The number of hydrogen-bond donors (Lipinski definition) is 1. The molecule has 0 aromatic heterocycles. The normalized spacial score (nSPS) is 13.8. The molecular weight excluding hydrogens is 651 g/mol. The first-order chi connectivity index (χ1) is 24.3. The van der Waals surface area contributed by atoms with Crippen molar-refractivity contribution in [2.24, 2.45) is 0 Å². The quantitative estimate of drug-likeness (QED) is 0.0292. The molecule has 0 aliphatic heterocycles. The lowest BCUT2D eigenvalue weighted by Crippen LogP contribution is -2.29. The standard InChI is InChI=1S/C41H75O8P/c1-4-6-8-10-12-14-16-18-20-22-23-25-27-29-31-33-35-40(42)47-37-39(38-48-50(44,45)46-3)49-41(43)36-34-32-30-28-26-24-21-19-17-15-13-11-9-7-5-2/h13,15,19-22,39H,4-12,14,16-18,23-38H2,1-3H3,(H,44,45)/b15-13-,21-19-,22-20-. The van der Waals surface area contributed by atoms with Gasteiger partial charge in [-0.2, -0.15) is 0 Å². The summed E-state index contributed by atoms with van der Waals surface area (Å²) in [6, 6.07) is 0. The van der Waals surface area contributed by atoms with Crippen molar-refractivity contribution in [2.45, 2.75) is 193 Å². The van der Waals surface area contributed by atoms with Gasteiger partial charge in [-0.15, -0.1) is 0 Å². The summed E-state index contributed by atoms with van der Waals surface area (Å²) < 4.78 is 31.9. The van der Waals surface area contributed by atoms with Gasteiger partial charge >= 0.3 is 19.8 Å². The molecule has 1 N–H and O–H groups in total. The predicted octanol–water partition coefficient (Wildman–Crippen LogP) is 12.4. The van der Waals surface area contributed by atoms with Crippen LogP contribution in [0.4, 0.5) is 0 Å². The minimum absolute atomic E-state index is 0.227. The van der Waals surface area contributed by atoms with E-state index in [0.717, 1.165) is 84.2 Å². The molecule has 0 aliphatic carbocycles. The zero-order chi connectivity index (χ0) is 36.8. The maximum atomic E-state index is 12.5. The largest absolute Gasteiger partial charge is 0.472 e. The van der Waals surface area contributed by atoms with Crippen LogP contribution in [-0.2, 0) is 32.7 Å². The summed E-state index contributed by atoms with van der Waals surface area (Å²) in [5, 5.41) is 0. The summed E-state index contributed by atoms with van der Waals surface area (Å²) in [5.74, 6) is -0.829. The number of phosphoric acid groups is 1. The van der Waals surface area contributed by atoms with Crippen molar-refractivity contribution >= 4 is 19.8 Å². The third-order valence-corrected chi connectivity index (χ3v) is 9.54. The topological polar surface area (TPSA) is 108 Å². The highest BCUT2D eigenvalue weighted by molar-refractivity contribution is 7.47. The van der Waals surface area contributed by atoms with E-state index in [1.807, 2.05) is 0 Å². The highest BCUT2D eigenvalue weighted by atomic mass is 31.2. The number of unbranched alkanes of at least 4 members (excludes halogenated alkanes) is 20. The number of carbonyl (C=O) groups is 2. The Morgan fingerprint density at radius 1 is 0.560 bits per heavy atom. The molecule has 8 nitrogen and oxygen atoms in total. The van der Waals surface area contributed by atoms with Gasteiger partial charge in [0.05, 0.1) is 6.61 Å². The molecule has 0 fully saturated rings. The van der Waals surface area contributed by atoms with Crippen LogP contribution in [0.15, 0.2) is 36.5 Å². The van der Waals surface area contributed by atoms with Gasteiger partial charge in [0.1, 0.15) is 6.61 Å². The Kier molecular flexibility index (Phi) is 35.8. The van der Waals surface area contributed by atoms with Crippen LogP contribution in [0.3, 0.4) is 0 Å². The van der Waals surface area contributed by atoms with Crippen LogP contribution in [-0.4, -0.2) is 43.3 Å². The van der Waals surface area contributed by atoms with Crippen LogP contribution in [0.5, 0.6) is 0 Å². The molecule has 9 heteroatoms. The van der Waals surface area contributed by atoms with Gasteiger partial charge in [-0.05, 0) is 70.6 Å². The fourth-order valence-corrected chi connectivity index (χ4v) is 5.91. The molecule has 0 saturated heterocycles. The first-order valence-electron chi connectivity index (χ1n) is 20.2. The van der Waals surface area contributed by atoms with Crippen molar-refractivity contribution in [3.8, 4) is 0 Å². The maximum Gasteiger partial charge on any atom is 0.472 e. The molecule has 0 aromatic rings. The first-order valence-corrected chi connectivity index (χ1v) is 21.7. The van der Waals surface area contributed by atoms with E-state index in [2.05, 4.69) is 54.8 Å². The average molecular weight is 727 g/mol. The van der Waals surface area contributed by atoms with Crippen molar-refractivity contribution in [1.82, 2.24) is 0 Å². The molecule has 292 valence electrons. The van der Waals surface area contributed by atoms with Crippen molar-refractivity contribution in [3.05, 3.63) is 36.5 Å². The lowest BCUT2D eigenvalue weighted by atomic mass is 10.1. The molecule has 0 rings (SSSR count). The number of allylic oxidation sites excluding steroid dienone is 6. The zero-order valence-electron chi connectivity index (χ0n) is 32.3. The monoisotopic (exact) mass is 727 g/mol. The number of carbonyl (C=O) groups excluding carboxylic acids is 2. The third kappa shape index (κ3) is 36.1. The molecule has 0 spiro atoms. The summed E-state index contributed by atoms with van der Waals surface area (Å²) >= 11 is 0. The maximum absolute atomic E-state index is 12.5. The second-order valence-corrected chi connectivity index (χ2v) is 15.0. The van der Waals surface area contributed by atoms with Gasteiger partial charge in [0.15, 0.2) is 6.10 Å². The van der Waals surface area contributed by atoms with Crippen molar-refractivity contribution in [1.29, 1.82) is 0 Å².